The van der Waals surface area contributed by atoms with Crippen molar-refractivity contribution in [1.29, 1.82) is 0 Å². The number of carbonyl (C=O) groups is 2. The molecule has 2 N–H and O–H groups in total. The molecule has 0 spiro atoms. The first-order valence-corrected chi connectivity index (χ1v) is 10.4. The number of anilines is 1. The molecule has 4 unspecified atom stereocenters. The molecule has 2 aliphatic heterocycles. The summed E-state index contributed by atoms with van der Waals surface area (Å²) in [6, 6.07) is 3.15. The van der Waals surface area contributed by atoms with Crippen molar-refractivity contribution >= 4 is 23.5 Å². The van der Waals surface area contributed by atoms with Crippen LogP contribution in [-0.2, 0) is 23.7 Å². The minimum absolute atomic E-state index is 0.0718. The number of carbonyl (C=O) groups excluding carboxylic acids is 2. The molecular weight excluding hydrogens is 406 g/mol. The van der Waals surface area contributed by atoms with Crippen molar-refractivity contribution in [2.45, 2.75) is 50.5 Å². The Kier molecular flexibility index (Phi) is 6.23. The molecule has 4 rings (SSSR count). The third-order valence-corrected chi connectivity index (χ3v) is 5.70. The molecule has 2 aromatic rings. The number of ether oxygens (including phenoxy) is 4. The second-order valence-corrected chi connectivity index (χ2v) is 7.71. The molecule has 0 aliphatic carbocycles. The van der Waals surface area contributed by atoms with Crippen LogP contribution in [0.3, 0.4) is 0 Å². The first kappa shape index (κ1) is 21.3. The molecule has 4 heterocycles. The molecule has 0 amide bonds. The highest BCUT2D eigenvalue weighted by molar-refractivity contribution is 5.77. The van der Waals surface area contributed by atoms with E-state index in [-0.39, 0.29) is 25.4 Å². The van der Waals surface area contributed by atoms with Crippen LogP contribution in [0.4, 0.5) is 10.6 Å². The van der Waals surface area contributed by atoms with Gasteiger partial charge in [0.25, 0.3) is 0 Å². The number of nitrogen functional groups attached to an aromatic ring is 1. The second kappa shape index (κ2) is 9.06. The number of hydrogen-bond acceptors (Lipinski definition) is 10. The maximum atomic E-state index is 12.2. The molecule has 168 valence electrons. The van der Waals surface area contributed by atoms with Crippen LogP contribution in [0.1, 0.15) is 38.0 Å². The highest BCUT2D eigenvalue weighted by Crippen LogP contribution is 2.34. The van der Waals surface area contributed by atoms with Gasteiger partial charge in [-0.1, -0.05) is 0 Å². The smallest absolute Gasteiger partial charge is 0.465 e. The van der Waals surface area contributed by atoms with E-state index in [4.69, 9.17) is 24.7 Å². The van der Waals surface area contributed by atoms with Crippen LogP contribution in [0.5, 0.6) is 0 Å². The van der Waals surface area contributed by atoms with Gasteiger partial charge in [0.1, 0.15) is 36.7 Å². The third-order valence-electron chi connectivity index (χ3n) is 5.70. The molecule has 11 heteroatoms. The maximum absolute atomic E-state index is 12.2. The molecular formula is C20H27N5O6. The van der Waals surface area contributed by atoms with Gasteiger partial charge >= 0.3 is 12.1 Å². The average molecular weight is 433 g/mol. The summed E-state index contributed by atoms with van der Waals surface area (Å²) in [6.45, 7) is 2.72. The zero-order valence-corrected chi connectivity index (χ0v) is 17.6. The Morgan fingerprint density at radius 1 is 1.26 bits per heavy atom. The first-order valence-electron chi connectivity index (χ1n) is 10.4. The summed E-state index contributed by atoms with van der Waals surface area (Å²) in [5.74, 6) is 0.00620. The van der Waals surface area contributed by atoms with Crippen LogP contribution in [0.25, 0.3) is 5.52 Å². The number of fused-ring (bicyclic) bond motifs is 1. The Hall–Kier alpha value is -2.92. The van der Waals surface area contributed by atoms with Gasteiger partial charge in [-0.2, -0.15) is 5.10 Å². The minimum Gasteiger partial charge on any atom is -0.465 e. The monoisotopic (exact) mass is 433 g/mol. The number of aromatic nitrogens is 3. The van der Waals surface area contributed by atoms with Crippen LogP contribution in [0.2, 0.25) is 0 Å². The quantitative estimate of drug-likeness (QED) is 0.666. The maximum Gasteiger partial charge on any atom is 0.508 e. The van der Waals surface area contributed by atoms with Gasteiger partial charge in [-0.15, -0.1) is 0 Å². The van der Waals surface area contributed by atoms with Gasteiger partial charge < -0.3 is 24.7 Å². The lowest BCUT2D eigenvalue weighted by Gasteiger charge is -2.22. The predicted octanol–water partition coefficient (Wildman–Crippen LogP) is 1.32. The molecule has 0 saturated carbocycles. The lowest BCUT2D eigenvalue weighted by molar-refractivity contribution is -0.151. The molecule has 31 heavy (non-hydrogen) atoms. The van der Waals surface area contributed by atoms with Crippen LogP contribution in [0, 0.1) is 0 Å². The van der Waals surface area contributed by atoms with Crippen LogP contribution < -0.4 is 5.73 Å². The summed E-state index contributed by atoms with van der Waals surface area (Å²) in [4.78, 5) is 30.2. The number of likely N-dealkylation sites (N-methyl/N-ethyl adjacent to an activating group) is 1. The van der Waals surface area contributed by atoms with Gasteiger partial charge in [0.05, 0.1) is 18.4 Å². The molecule has 0 bridgehead atoms. The van der Waals surface area contributed by atoms with Gasteiger partial charge in [0.15, 0.2) is 5.82 Å². The standard InChI is InChI=1S/C20H27N5O6/c1-3-28-19(26)17-16(8-9-24(17)2)31-20(27)29-10-12-4-7-15(30-12)13-5-6-14-18(21)22-11-23-25(13)14/h5-6,11-12,15-17H,3-4,7-10H2,1-2H3,(H2,21,22,23). The topological polar surface area (TPSA) is 131 Å². The summed E-state index contributed by atoms with van der Waals surface area (Å²) < 4.78 is 23.5. The molecule has 0 aromatic carbocycles. The summed E-state index contributed by atoms with van der Waals surface area (Å²) in [5, 5.41) is 4.24. The van der Waals surface area contributed by atoms with E-state index >= 15 is 0 Å². The van der Waals surface area contributed by atoms with E-state index in [1.807, 2.05) is 17.0 Å². The Morgan fingerprint density at radius 3 is 2.90 bits per heavy atom. The van der Waals surface area contributed by atoms with Gasteiger partial charge in [0, 0.05) is 6.54 Å². The zero-order chi connectivity index (χ0) is 22.0. The summed E-state index contributed by atoms with van der Waals surface area (Å²) >= 11 is 0. The minimum atomic E-state index is -0.810. The first-order chi connectivity index (χ1) is 15.0. The Bertz CT molecular complexity index is 949. The SMILES string of the molecule is CCOC(=O)C1C(OC(=O)OCC2CCC(c3ccc4c(N)ncnn34)O2)CCN1C. The molecule has 2 aromatic heterocycles. The lowest BCUT2D eigenvalue weighted by atomic mass is 10.1. The van der Waals surface area contributed by atoms with Crippen molar-refractivity contribution in [2.75, 3.05) is 32.5 Å². The van der Waals surface area contributed by atoms with Gasteiger partial charge in [-0.25, -0.2) is 14.3 Å². The van der Waals surface area contributed by atoms with Crippen LogP contribution >= 0.6 is 0 Å². The van der Waals surface area contributed by atoms with E-state index in [2.05, 4.69) is 10.1 Å². The number of hydrogen-bond donors (Lipinski definition) is 1. The van der Waals surface area contributed by atoms with E-state index in [9.17, 15) is 9.59 Å². The summed E-state index contributed by atoms with van der Waals surface area (Å²) in [7, 11) is 1.80. The molecule has 4 atom stereocenters. The van der Waals surface area contributed by atoms with E-state index in [0.29, 0.717) is 18.8 Å². The van der Waals surface area contributed by atoms with E-state index in [0.717, 1.165) is 24.1 Å². The molecule has 11 nitrogen and oxygen atoms in total. The van der Waals surface area contributed by atoms with E-state index < -0.39 is 24.3 Å². The van der Waals surface area contributed by atoms with Crippen molar-refractivity contribution in [3.63, 3.8) is 0 Å². The Morgan fingerprint density at radius 2 is 2.10 bits per heavy atom. The summed E-state index contributed by atoms with van der Waals surface area (Å²) in [6.07, 6.45) is 1.60. The summed E-state index contributed by atoms with van der Waals surface area (Å²) in [5.41, 5.74) is 7.48. The zero-order valence-electron chi connectivity index (χ0n) is 17.6. The van der Waals surface area contributed by atoms with Crippen LogP contribution in [-0.4, -0.2) is 76.7 Å². The van der Waals surface area contributed by atoms with Gasteiger partial charge in [-0.05, 0) is 45.4 Å². The Balaban J connectivity index is 1.28. The Labute approximate surface area is 179 Å². The number of rotatable bonds is 6. The van der Waals surface area contributed by atoms with Crippen molar-refractivity contribution in [3.8, 4) is 0 Å². The van der Waals surface area contributed by atoms with Crippen LogP contribution in [0.15, 0.2) is 18.5 Å². The number of nitrogens with zero attached hydrogens (tertiary/aromatic N) is 4. The lowest BCUT2D eigenvalue weighted by Crippen LogP contribution is -2.43. The fourth-order valence-corrected chi connectivity index (χ4v) is 4.18. The molecule has 2 fully saturated rings. The van der Waals surface area contributed by atoms with E-state index in [1.165, 1.54) is 6.33 Å². The van der Waals surface area contributed by atoms with Crippen molar-refractivity contribution in [1.82, 2.24) is 19.5 Å². The number of esters is 1. The highest BCUT2D eigenvalue weighted by Gasteiger charge is 2.41. The second-order valence-electron chi connectivity index (χ2n) is 7.71. The normalized spacial score (nSPS) is 26.3. The number of nitrogens with two attached hydrogens (primary N) is 1. The van der Waals surface area contributed by atoms with Gasteiger partial charge in [-0.3, -0.25) is 9.69 Å². The third kappa shape index (κ3) is 4.42. The fraction of sp³-hybridized carbons (Fsp3) is 0.600. The predicted molar refractivity (Wildman–Crippen MR) is 108 cm³/mol. The molecule has 0 radical (unpaired) electrons. The van der Waals surface area contributed by atoms with Crippen molar-refractivity contribution in [2.24, 2.45) is 0 Å². The largest absolute Gasteiger partial charge is 0.508 e. The fourth-order valence-electron chi connectivity index (χ4n) is 4.18. The molecule has 2 aliphatic rings. The number of likely N-dealkylation sites (tertiary alicyclic amines) is 1. The van der Waals surface area contributed by atoms with E-state index in [1.54, 1.807) is 18.5 Å². The van der Waals surface area contributed by atoms with Crippen molar-refractivity contribution < 1.29 is 28.5 Å². The van der Waals surface area contributed by atoms with Gasteiger partial charge in [0.2, 0.25) is 0 Å². The van der Waals surface area contributed by atoms with Crippen molar-refractivity contribution in [3.05, 3.63) is 24.2 Å². The molecule has 2 saturated heterocycles. The highest BCUT2D eigenvalue weighted by atomic mass is 16.7. The average Bonchev–Trinajstić information content (AvgIpc) is 3.45.